The van der Waals surface area contributed by atoms with Crippen molar-refractivity contribution >= 4 is 35.8 Å². The highest BCUT2D eigenvalue weighted by molar-refractivity contribution is 6.30. The first-order chi connectivity index (χ1) is 12.1. The van der Waals surface area contributed by atoms with E-state index < -0.39 is 0 Å². The van der Waals surface area contributed by atoms with Crippen LogP contribution in [0.2, 0.25) is 5.02 Å². The minimum absolute atomic E-state index is 0. The van der Waals surface area contributed by atoms with E-state index in [0.29, 0.717) is 18.1 Å². The smallest absolute Gasteiger partial charge is 0.286 e. The van der Waals surface area contributed by atoms with Crippen LogP contribution in [0.4, 0.5) is 0 Å². The SMILES string of the molecule is Cl.O=C(NCCC(=O)N1CCNCC1c1cccc(Cl)c1)c1ccco1. The van der Waals surface area contributed by atoms with Crippen molar-refractivity contribution < 1.29 is 14.0 Å². The van der Waals surface area contributed by atoms with Crippen LogP contribution >= 0.6 is 24.0 Å². The maximum Gasteiger partial charge on any atom is 0.286 e. The van der Waals surface area contributed by atoms with Crippen LogP contribution < -0.4 is 10.6 Å². The fourth-order valence-corrected chi connectivity index (χ4v) is 3.13. The number of hydrogen-bond donors (Lipinski definition) is 2. The van der Waals surface area contributed by atoms with Gasteiger partial charge in [-0.05, 0) is 29.8 Å². The Morgan fingerprint density at radius 2 is 2.15 bits per heavy atom. The number of halogens is 2. The number of rotatable bonds is 5. The lowest BCUT2D eigenvalue weighted by Crippen LogP contribution is -2.49. The summed E-state index contributed by atoms with van der Waals surface area (Å²) in [5.41, 5.74) is 1.01. The average molecular weight is 398 g/mol. The van der Waals surface area contributed by atoms with Gasteiger partial charge >= 0.3 is 0 Å². The summed E-state index contributed by atoms with van der Waals surface area (Å²) in [6.45, 7) is 2.33. The lowest BCUT2D eigenvalue weighted by molar-refractivity contribution is -0.134. The molecule has 1 unspecified atom stereocenters. The molecule has 0 aliphatic carbocycles. The molecule has 1 aromatic carbocycles. The number of benzene rings is 1. The van der Waals surface area contributed by atoms with Gasteiger partial charge in [0.2, 0.25) is 5.91 Å². The van der Waals surface area contributed by atoms with Crippen LogP contribution in [0.1, 0.15) is 28.6 Å². The van der Waals surface area contributed by atoms with E-state index in [9.17, 15) is 9.59 Å². The molecule has 26 heavy (non-hydrogen) atoms. The Kier molecular flexibility index (Phi) is 7.50. The molecule has 0 radical (unpaired) electrons. The van der Waals surface area contributed by atoms with Gasteiger partial charge in [0.25, 0.3) is 5.91 Å². The molecule has 1 aliphatic heterocycles. The summed E-state index contributed by atoms with van der Waals surface area (Å²) < 4.78 is 5.03. The maximum absolute atomic E-state index is 12.6. The molecule has 1 saturated heterocycles. The Labute approximate surface area is 163 Å². The second kappa shape index (κ2) is 9.62. The molecule has 140 valence electrons. The van der Waals surface area contributed by atoms with Crippen molar-refractivity contribution in [2.45, 2.75) is 12.5 Å². The van der Waals surface area contributed by atoms with E-state index >= 15 is 0 Å². The lowest BCUT2D eigenvalue weighted by Gasteiger charge is -2.36. The molecule has 1 aromatic heterocycles. The summed E-state index contributed by atoms with van der Waals surface area (Å²) in [6.07, 6.45) is 1.68. The Balaban J connectivity index is 0.00000243. The van der Waals surface area contributed by atoms with Crippen LogP contribution in [0.5, 0.6) is 0 Å². The van der Waals surface area contributed by atoms with Crippen LogP contribution in [-0.4, -0.2) is 42.9 Å². The van der Waals surface area contributed by atoms with E-state index in [1.165, 1.54) is 6.26 Å². The monoisotopic (exact) mass is 397 g/mol. The summed E-state index contributed by atoms with van der Waals surface area (Å²) >= 11 is 6.08. The summed E-state index contributed by atoms with van der Waals surface area (Å²) in [7, 11) is 0. The Morgan fingerprint density at radius 1 is 1.31 bits per heavy atom. The van der Waals surface area contributed by atoms with Crippen molar-refractivity contribution in [2.75, 3.05) is 26.2 Å². The lowest BCUT2D eigenvalue weighted by atomic mass is 10.0. The minimum Gasteiger partial charge on any atom is -0.459 e. The molecule has 2 heterocycles. The fraction of sp³-hybridized carbons (Fsp3) is 0.333. The zero-order chi connectivity index (χ0) is 17.6. The molecule has 6 nitrogen and oxygen atoms in total. The predicted molar refractivity (Wildman–Crippen MR) is 102 cm³/mol. The molecule has 1 aliphatic rings. The molecule has 0 saturated carbocycles. The Morgan fingerprint density at radius 3 is 2.88 bits per heavy atom. The number of hydrogen-bond acceptors (Lipinski definition) is 4. The highest BCUT2D eigenvalue weighted by Gasteiger charge is 2.27. The van der Waals surface area contributed by atoms with Crippen LogP contribution in [-0.2, 0) is 4.79 Å². The van der Waals surface area contributed by atoms with Crippen molar-refractivity contribution in [3.63, 3.8) is 0 Å². The van der Waals surface area contributed by atoms with Crippen molar-refractivity contribution in [3.8, 4) is 0 Å². The predicted octanol–water partition coefficient (Wildman–Crippen LogP) is 2.65. The van der Waals surface area contributed by atoms with Crippen LogP contribution in [0.25, 0.3) is 0 Å². The molecule has 2 N–H and O–H groups in total. The Bertz CT molecular complexity index is 737. The van der Waals surface area contributed by atoms with Gasteiger partial charge in [-0.15, -0.1) is 12.4 Å². The van der Waals surface area contributed by atoms with Gasteiger partial charge in [-0.2, -0.15) is 0 Å². The van der Waals surface area contributed by atoms with E-state index in [2.05, 4.69) is 10.6 Å². The third kappa shape index (κ3) is 5.00. The molecule has 2 amide bonds. The molecular formula is C18H21Cl2N3O3. The molecule has 2 aromatic rings. The molecule has 8 heteroatoms. The number of furan rings is 1. The quantitative estimate of drug-likeness (QED) is 0.812. The first-order valence-corrected chi connectivity index (χ1v) is 8.60. The highest BCUT2D eigenvalue weighted by Crippen LogP contribution is 2.25. The number of carbonyl (C=O) groups is 2. The molecular weight excluding hydrogens is 377 g/mol. The summed E-state index contributed by atoms with van der Waals surface area (Å²) in [5, 5.41) is 6.67. The van der Waals surface area contributed by atoms with E-state index in [4.69, 9.17) is 16.0 Å². The van der Waals surface area contributed by atoms with Crippen molar-refractivity contribution in [1.82, 2.24) is 15.5 Å². The van der Waals surface area contributed by atoms with Gasteiger partial charge in [0, 0.05) is 37.6 Å². The van der Waals surface area contributed by atoms with Crippen molar-refractivity contribution in [3.05, 3.63) is 59.0 Å². The van der Waals surface area contributed by atoms with Gasteiger partial charge < -0.3 is 20.0 Å². The second-order valence-electron chi connectivity index (χ2n) is 5.85. The number of nitrogens with zero attached hydrogens (tertiary/aromatic N) is 1. The third-order valence-corrected chi connectivity index (χ3v) is 4.40. The van der Waals surface area contributed by atoms with E-state index in [-0.39, 0.29) is 49.0 Å². The summed E-state index contributed by atoms with van der Waals surface area (Å²) in [5.74, 6) is -0.0675. The topological polar surface area (TPSA) is 74.6 Å². The van der Waals surface area contributed by atoms with Gasteiger partial charge in [-0.3, -0.25) is 9.59 Å². The summed E-state index contributed by atoms with van der Waals surface area (Å²) in [6, 6.07) is 10.7. The Hall–Kier alpha value is -2.02. The van der Waals surface area contributed by atoms with E-state index in [0.717, 1.165) is 12.1 Å². The van der Waals surface area contributed by atoms with Crippen LogP contribution in [0, 0.1) is 0 Å². The third-order valence-electron chi connectivity index (χ3n) is 4.17. The summed E-state index contributed by atoms with van der Waals surface area (Å²) in [4.78, 5) is 26.3. The van der Waals surface area contributed by atoms with Gasteiger partial charge in [-0.25, -0.2) is 0 Å². The number of piperazine rings is 1. The van der Waals surface area contributed by atoms with Gasteiger partial charge in [0.15, 0.2) is 5.76 Å². The maximum atomic E-state index is 12.6. The normalized spacial score (nSPS) is 16.7. The van der Waals surface area contributed by atoms with E-state index in [1.54, 1.807) is 12.1 Å². The second-order valence-corrected chi connectivity index (χ2v) is 6.28. The molecule has 0 spiro atoms. The van der Waals surface area contributed by atoms with Gasteiger partial charge in [0.05, 0.1) is 12.3 Å². The van der Waals surface area contributed by atoms with Crippen molar-refractivity contribution in [1.29, 1.82) is 0 Å². The van der Waals surface area contributed by atoms with E-state index in [1.807, 2.05) is 29.2 Å². The standard InChI is InChI=1S/C18H20ClN3O3.ClH/c19-14-4-1-3-13(11-14)15-12-20-8-9-22(15)17(23)6-7-21-18(24)16-5-2-10-25-16;/h1-5,10-11,15,20H,6-9,12H2,(H,21,24);1H. The van der Waals surface area contributed by atoms with Crippen LogP contribution in [0.3, 0.4) is 0 Å². The van der Waals surface area contributed by atoms with Gasteiger partial charge in [-0.1, -0.05) is 23.7 Å². The average Bonchev–Trinajstić information content (AvgIpc) is 3.16. The van der Waals surface area contributed by atoms with Crippen LogP contribution in [0.15, 0.2) is 47.1 Å². The zero-order valence-corrected chi connectivity index (χ0v) is 15.7. The molecule has 1 fully saturated rings. The number of carbonyl (C=O) groups excluding carboxylic acids is 2. The molecule has 0 bridgehead atoms. The fourth-order valence-electron chi connectivity index (χ4n) is 2.94. The largest absolute Gasteiger partial charge is 0.459 e. The first kappa shape index (κ1) is 20.3. The highest BCUT2D eigenvalue weighted by atomic mass is 35.5. The zero-order valence-electron chi connectivity index (χ0n) is 14.1. The molecule has 3 rings (SSSR count). The number of amides is 2. The first-order valence-electron chi connectivity index (χ1n) is 8.22. The molecule has 1 atom stereocenters. The number of nitrogens with one attached hydrogen (secondary N) is 2. The van der Waals surface area contributed by atoms with Crippen molar-refractivity contribution in [2.24, 2.45) is 0 Å². The minimum atomic E-state index is -0.315. The van der Waals surface area contributed by atoms with Gasteiger partial charge in [0.1, 0.15) is 0 Å².